The summed E-state index contributed by atoms with van der Waals surface area (Å²) < 4.78 is 0. The lowest BCUT2D eigenvalue weighted by molar-refractivity contribution is 0.357. The molecule has 2 aromatic rings. The van der Waals surface area contributed by atoms with Crippen LogP contribution >= 0.6 is 11.6 Å². The van der Waals surface area contributed by atoms with Crippen LogP contribution in [0.3, 0.4) is 0 Å². The second-order valence-corrected chi connectivity index (χ2v) is 7.01. The zero-order valence-corrected chi connectivity index (χ0v) is 13.5. The maximum atomic E-state index is 6.06. The first-order valence-corrected chi connectivity index (χ1v) is 8.01. The van der Waals surface area contributed by atoms with Crippen molar-refractivity contribution in [2.45, 2.75) is 44.7 Å². The molecule has 21 heavy (non-hydrogen) atoms. The summed E-state index contributed by atoms with van der Waals surface area (Å²) in [5.74, 6) is 0. The molecular formula is C19H22ClN. The number of halogens is 1. The lowest BCUT2D eigenvalue weighted by atomic mass is 9.71. The van der Waals surface area contributed by atoms with Crippen molar-refractivity contribution in [1.82, 2.24) is 5.32 Å². The van der Waals surface area contributed by atoms with Gasteiger partial charge in [0, 0.05) is 17.6 Å². The molecule has 0 radical (unpaired) electrons. The van der Waals surface area contributed by atoms with Crippen LogP contribution in [0.4, 0.5) is 0 Å². The fraction of sp³-hybridized carbons (Fsp3) is 0.368. The lowest BCUT2D eigenvalue weighted by Crippen LogP contribution is -2.32. The molecule has 1 unspecified atom stereocenters. The van der Waals surface area contributed by atoms with Gasteiger partial charge in [-0.25, -0.2) is 0 Å². The molecule has 1 nitrogen and oxygen atoms in total. The molecule has 1 aliphatic carbocycles. The monoisotopic (exact) mass is 299 g/mol. The summed E-state index contributed by atoms with van der Waals surface area (Å²) in [7, 11) is 0. The van der Waals surface area contributed by atoms with Crippen molar-refractivity contribution >= 4 is 11.6 Å². The Kier molecular flexibility index (Phi) is 4.05. The first-order valence-electron chi connectivity index (χ1n) is 7.63. The van der Waals surface area contributed by atoms with Crippen LogP contribution in [-0.2, 0) is 12.0 Å². The van der Waals surface area contributed by atoms with Gasteiger partial charge in [0.25, 0.3) is 0 Å². The molecule has 0 saturated heterocycles. The largest absolute Gasteiger partial charge is 0.306 e. The molecule has 1 atom stereocenters. The van der Waals surface area contributed by atoms with Crippen LogP contribution in [0.15, 0.2) is 48.5 Å². The second kappa shape index (κ2) is 5.82. The third-order valence-corrected chi connectivity index (χ3v) is 4.80. The van der Waals surface area contributed by atoms with E-state index in [9.17, 15) is 0 Å². The summed E-state index contributed by atoms with van der Waals surface area (Å²) in [6, 6.07) is 17.4. The highest BCUT2D eigenvalue weighted by molar-refractivity contribution is 6.30. The van der Waals surface area contributed by atoms with E-state index in [1.807, 2.05) is 18.2 Å². The van der Waals surface area contributed by atoms with Crippen LogP contribution in [0.5, 0.6) is 0 Å². The fourth-order valence-electron chi connectivity index (χ4n) is 3.31. The van der Waals surface area contributed by atoms with E-state index in [4.69, 9.17) is 11.6 Å². The molecule has 2 aromatic carbocycles. The summed E-state index contributed by atoms with van der Waals surface area (Å²) in [4.78, 5) is 0. The van der Waals surface area contributed by atoms with E-state index in [0.29, 0.717) is 6.04 Å². The Morgan fingerprint density at radius 3 is 2.76 bits per heavy atom. The minimum absolute atomic E-state index is 0.283. The van der Waals surface area contributed by atoms with Crippen molar-refractivity contribution in [3.63, 3.8) is 0 Å². The van der Waals surface area contributed by atoms with Crippen LogP contribution in [0.2, 0.25) is 5.02 Å². The van der Waals surface area contributed by atoms with Crippen molar-refractivity contribution in [3.05, 3.63) is 70.2 Å². The van der Waals surface area contributed by atoms with E-state index in [2.05, 4.69) is 49.5 Å². The Morgan fingerprint density at radius 2 is 1.95 bits per heavy atom. The topological polar surface area (TPSA) is 12.0 Å². The van der Waals surface area contributed by atoms with Gasteiger partial charge in [-0.1, -0.05) is 61.8 Å². The molecule has 0 saturated carbocycles. The van der Waals surface area contributed by atoms with Crippen LogP contribution in [-0.4, -0.2) is 0 Å². The zero-order valence-electron chi connectivity index (χ0n) is 12.7. The molecule has 0 aliphatic heterocycles. The number of rotatable bonds is 3. The molecule has 3 rings (SSSR count). The van der Waals surface area contributed by atoms with Crippen molar-refractivity contribution in [2.24, 2.45) is 0 Å². The Balaban J connectivity index is 1.78. The summed E-state index contributed by atoms with van der Waals surface area (Å²) in [6.07, 6.45) is 2.40. The first kappa shape index (κ1) is 14.6. The van der Waals surface area contributed by atoms with Gasteiger partial charge in [0.2, 0.25) is 0 Å². The Bertz CT molecular complexity index is 633. The van der Waals surface area contributed by atoms with Gasteiger partial charge in [-0.3, -0.25) is 0 Å². The van der Waals surface area contributed by atoms with Crippen molar-refractivity contribution < 1.29 is 0 Å². The maximum absolute atomic E-state index is 6.06. The number of hydrogen-bond donors (Lipinski definition) is 1. The highest BCUT2D eigenvalue weighted by atomic mass is 35.5. The first-order chi connectivity index (χ1) is 10.1. The third kappa shape index (κ3) is 3.14. The average molecular weight is 300 g/mol. The molecule has 0 spiro atoms. The molecule has 110 valence electrons. The predicted molar refractivity (Wildman–Crippen MR) is 89.7 cm³/mol. The predicted octanol–water partition coefficient (Wildman–Crippen LogP) is 5.24. The normalized spacial score (nSPS) is 20.0. The van der Waals surface area contributed by atoms with Crippen LogP contribution in [0.25, 0.3) is 0 Å². The van der Waals surface area contributed by atoms with Crippen LogP contribution < -0.4 is 5.32 Å². The van der Waals surface area contributed by atoms with Crippen LogP contribution in [0, 0.1) is 0 Å². The van der Waals surface area contributed by atoms with Gasteiger partial charge < -0.3 is 5.32 Å². The fourth-order valence-corrected chi connectivity index (χ4v) is 3.53. The van der Waals surface area contributed by atoms with Crippen molar-refractivity contribution in [2.75, 3.05) is 0 Å². The summed E-state index contributed by atoms with van der Waals surface area (Å²) in [5, 5.41) is 4.51. The Morgan fingerprint density at radius 1 is 1.14 bits per heavy atom. The van der Waals surface area contributed by atoms with E-state index < -0.39 is 0 Å². The van der Waals surface area contributed by atoms with Gasteiger partial charge >= 0.3 is 0 Å². The quantitative estimate of drug-likeness (QED) is 0.817. The van der Waals surface area contributed by atoms with Gasteiger partial charge in [-0.05, 0) is 47.1 Å². The van der Waals surface area contributed by atoms with E-state index in [1.54, 1.807) is 0 Å². The van der Waals surface area contributed by atoms with Gasteiger partial charge in [0.05, 0.1) is 0 Å². The van der Waals surface area contributed by atoms with Crippen molar-refractivity contribution in [3.8, 4) is 0 Å². The molecular weight excluding hydrogens is 278 g/mol. The third-order valence-electron chi connectivity index (χ3n) is 4.56. The van der Waals surface area contributed by atoms with E-state index in [0.717, 1.165) is 11.6 Å². The average Bonchev–Trinajstić information content (AvgIpc) is 2.47. The molecule has 0 aromatic heterocycles. The summed E-state index contributed by atoms with van der Waals surface area (Å²) in [6.45, 7) is 5.55. The molecule has 2 heteroatoms. The minimum Gasteiger partial charge on any atom is -0.306 e. The zero-order chi connectivity index (χ0) is 14.9. The lowest BCUT2D eigenvalue weighted by Gasteiger charge is -2.37. The molecule has 0 heterocycles. The Hall–Kier alpha value is -1.31. The summed E-state index contributed by atoms with van der Waals surface area (Å²) >= 11 is 6.06. The SMILES string of the molecule is CC1(C)CCC(NCc2cccc(Cl)c2)c2ccccc21. The standard InChI is InChI=1S/C19H22ClN/c1-19(2)11-10-18(16-8-3-4-9-17(16)19)21-13-14-6-5-7-15(20)12-14/h3-9,12,18,21H,10-11,13H2,1-2H3. The molecule has 1 aliphatic rings. The van der Waals surface area contributed by atoms with Gasteiger partial charge in [-0.2, -0.15) is 0 Å². The number of fused-ring (bicyclic) bond motifs is 1. The van der Waals surface area contributed by atoms with Crippen molar-refractivity contribution in [1.29, 1.82) is 0 Å². The molecule has 0 fully saturated rings. The smallest absolute Gasteiger partial charge is 0.0409 e. The number of hydrogen-bond acceptors (Lipinski definition) is 1. The maximum Gasteiger partial charge on any atom is 0.0409 e. The van der Waals surface area contributed by atoms with E-state index >= 15 is 0 Å². The van der Waals surface area contributed by atoms with E-state index in [1.165, 1.54) is 29.5 Å². The van der Waals surface area contributed by atoms with Gasteiger partial charge in [-0.15, -0.1) is 0 Å². The second-order valence-electron chi connectivity index (χ2n) is 6.57. The number of nitrogens with one attached hydrogen (secondary N) is 1. The summed E-state index contributed by atoms with van der Waals surface area (Å²) in [5.41, 5.74) is 4.46. The van der Waals surface area contributed by atoms with Gasteiger partial charge in [0.1, 0.15) is 0 Å². The molecule has 0 amide bonds. The highest BCUT2D eigenvalue weighted by Crippen LogP contribution is 2.41. The minimum atomic E-state index is 0.283. The van der Waals surface area contributed by atoms with Crippen LogP contribution in [0.1, 0.15) is 49.4 Å². The van der Waals surface area contributed by atoms with E-state index in [-0.39, 0.29) is 5.41 Å². The molecule has 1 N–H and O–H groups in total. The highest BCUT2D eigenvalue weighted by Gasteiger charge is 2.31. The molecule has 0 bridgehead atoms. The van der Waals surface area contributed by atoms with Gasteiger partial charge in [0.15, 0.2) is 0 Å². The number of benzene rings is 2. The Labute approximate surface area is 132 Å².